The lowest BCUT2D eigenvalue weighted by Crippen LogP contribution is -2.33. The minimum atomic E-state index is -0.718. The van der Waals surface area contributed by atoms with Crippen LogP contribution in [0.4, 0.5) is 0 Å². The molecule has 4 rings (SSSR count). The third-order valence-corrected chi connectivity index (χ3v) is 4.99. The van der Waals surface area contributed by atoms with E-state index in [1.807, 2.05) is 42.7 Å². The lowest BCUT2D eigenvalue weighted by molar-refractivity contribution is 0.0435. The Hall–Kier alpha value is -3.55. The molecule has 8 heteroatoms. The van der Waals surface area contributed by atoms with Crippen LogP contribution >= 0.6 is 0 Å². The Morgan fingerprint density at radius 2 is 1.93 bits per heavy atom. The molecule has 0 bridgehead atoms. The van der Waals surface area contributed by atoms with E-state index in [1.54, 1.807) is 13.0 Å². The smallest absolute Gasteiger partial charge is 0.377 e. The number of rotatable bonds is 6. The summed E-state index contributed by atoms with van der Waals surface area (Å²) in [6, 6.07) is 10.8. The number of carbonyl (C=O) groups excluding carboxylic acids is 2. The third kappa shape index (κ3) is 3.94. The molecule has 0 saturated carbocycles. The molecule has 2 aromatic heterocycles. The van der Waals surface area contributed by atoms with Crippen molar-refractivity contribution in [2.75, 3.05) is 13.2 Å². The maximum absolute atomic E-state index is 12.6. The van der Waals surface area contributed by atoms with E-state index in [1.165, 1.54) is 6.07 Å². The number of benzene rings is 1. The Kier molecular flexibility index (Phi) is 5.31. The SMILES string of the molecule is Cc1cc(C(=O)OCC(=O)c2cc(C)n(C[C@H]3COc4ccccc4O3)c2C)on1. The van der Waals surface area contributed by atoms with Gasteiger partial charge in [0.15, 0.2) is 24.2 Å². The summed E-state index contributed by atoms with van der Waals surface area (Å²) in [4.78, 5) is 24.6. The number of carbonyl (C=O) groups is 2. The molecule has 0 spiro atoms. The molecule has 0 aliphatic carbocycles. The molecule has 8 nitrogen and oxygen atoms in total. The largest absolute Gasteiger partial charge is 0.486 e. The first kappa shape index (κ1) is 19.8. The molecule has 3 aromatic rings. The van der Waals surface area contributed by atoms with Gasteiger partial charge in [-0.3, -0.25) is 4.79 Å². The average molecular weight is 410 g/mol. The Morgan fingerprint density at radius 1 is 1.17 bits per heavy atom. The van der Waals surface area contributed by atoms with Gasteiger partial charge in [0, 0.05) is 23.0 Å². The second kappa shape index (κ2) is 8.06. The zero-order chi connectivity index (χ0) is 21.3. The monoisotopic (exact) mass is 410 g/mol. The van der Waals surface area contributed by atoms with Gasteiger partial charge in [-0.15, -0.1) is 0 Å². The fourth-order valence-corrected chi connectivity index (χ4v) is 3.46. The maximum atomic E-state index is 12.6. The van der Waals surface area contributed by atoms with E-state index < -0.39 is 5.97 Å². The number of ketones is 1. The number of aromatic nitrogens is 2. The molecule has 0 radical (unpaired) electrons. The van der Waals surface area contributed by atoms with Gasteiger partial charge in [-0.1, -0.05) is 17.3 Å². The van der Waals surface area contributed by atoms with Gasteiger partial charge in [0.25, 0.3) is 0 Å². The summed E-state index contributed by atoms with van der Waals surface area (Å²) in [7, 11) is 0. The fourth-order valence-electron chi connectivity index (χ4n) is 3.46. The van der Waals surface area contributed by atoms with Crippen LogP contribution in [0.1, 0.15) is 38.0 Å². The van der Waals surface area contributed by atoms with E-state index in [0.29, 0.717) is 30.2 Å². The Morgan fingerprint density at radius 3 is 2.67 bits per heavy atom. The van der Waals surface area contributed by atoms with E-state index in [9.17, 15) is 9.59 Å². The molecule has 0 N–H and O–H groups in total. The molecular weight excluding hydrogens is 388 g/mol. The van der Waals surface area contributed by atoms with Crippen LogP contribution < -0.4 is 9.47 Å². The number of fused-ring (bicyclic) bond motifs is 1. The van der Waals surface area contributed by atoms with Crippen molar-refractivity contribution in [3.63, 3.8) is 0 Å². The van der Waals surface area contributed by atoms with Crippen LogP contribution in [0.15, 0.2) is 40.9 Å². The number of Topliss-reactive ketones (excluding diaryl/α,β-unsaturated/α-hetero) is 1. The fraction of sp³-hybridized carbons (Fsp3) is 0.318. The van der Waals surface area contributed by atoms with Crippen molar-refractivity contribution in [3.05, 3.63) is 64.8 Å². The van der Waals surface area contributed by atoms with Crippen LogP contribution in [0.25, 0.3) is 0 Å². The van der Waals surface area contributed by atoms with Gasteiger partial charge in [-0.25, -0.2) is 4.79 Å². The molecule has 156 valence electrons. The van der Waals surface area contributed by atoms with Crippen LogP contribution in [-0.2, 0) is 11.3 Å². The highest BCUT2D eigenvalue weighted by atomic mass is 16.6. The molecule has 3 heterocycles. The lowest BCUT2D eigenvalue weighted by Gasteiger charge is -2.27. The number of hydrogen-bond donors (Lipinski definition) is 0. The molecule has 1 aromatic carbocycles. The highest BCUT2D eigenvalue weighted by molar-refractivity contribution is 6.00. The first-order chi connectivity index (χ1) is 14.4. The summed E-state index contributed by atoms with van der Waals surface area (Å²) in [6.07, 6.45) is -0.180. The van der Waals surface area contributed by atoms with Crippen molar-refractivity contribution in [2.45, 2.75) is 33.4 Å². The topological polar surface area (TPSA) is 92.8 Å². The van der Waals surface area contributed by atoms with E-state index in [4.69, 9.17) is 18.7 Å². The van der Waals surface area contributed by atoms with Crippen molar-refractivity contribution in [1.82, 2.24) is 9.72 Å². The zero-order valence-electron chi connectivity index (χ0n) is 17.0. The number of ether oxygens (including phenoxy) is 3. The van der Waals surface area contributed by atoms with E-state index in [0.717, 1.165) is 17.1 Å². The molecule has 0 fully saturated rings. The first-order valence-corrected chi connectivity index (χ1v) is 9.61. The average Bonchev–Trinajstić information content (AvgIpc) is 3.30. The van der Waals surface area contributed by atoms with Gasteiger partial charge in [-0.05, 0) is 39.0 Å². The highest BCUT2D eigenvalue weighted by Crippen LogP contribution is 2.31. The molecule has 0 amide bonds. The highest BCUT2D eigenvalue weighted by Gasteiger charge is 2.24. The second-order valence-corrected chi connectivity index (χ2v) is 7.22. The second-order valence-electron chi connectivity index (χ2n) is 7.22. The molecule has 30 heavy (non-hydrogen) atoms. The van der Waals surface area contributed by atoms with E-state index in [2.05, 4.69) is 5.16 Å². The van der Waals surface area contributed by atoms with Gasteiger partial charge < -0.3 is 23.3 Å². The van der Waals surface area contributed by atoms with Crippen LogP contribution in [0.3, 0.4) is 0 Å². The van der Waals surface area contributed by atoms with Crippen molar-refractivity contribution in [2.24, 2.45) is 0 Å². The summed E-state index contributed by atoms with van der Waals surface area (Å²) < 4.78 is 23.7. The normalized spacial score (nSPS) is 15.1. The standard InChI is InChI=1S/C22H22N2O6/c1-13-8-21(30-23-13)22(26)28-12-18(25)17-9-14(2)24(15(17)3)10-16-11-27-19-6-4-5-7-20(19)29-16/h4-9,16H,10-12H2,1-3H3/t16-/m0/s1. The summed E-state index contributed by atoms with van der Waals surface area (Å²) in [5.41, 5.74) is 2.77. The minimum absolute atomic E-state index is 0.0273. The molecule has 1 atom stereocenters. The number of esters is 1. The first-order valence-electron chi connectivity index (χ1n) is 9.61. The summed E-state index contributed by atoms with van der Waals surface area (Å²) >= 11 is 0. The molecule has 1 aliphatic rings. The van der Waals surface area contributed by atoms with Gasteiger partial charge in [0.1, 0.15) is 6.61 Å². The van der Waals surface area contributed by atoms with Crippen LogP contribution in [0.2, 0.25) is 0 Å². The van der Waals surface area contributed by atoms with Crippen LogP contribution in [0.5, 0.6) is 11.5 Å². The predicted octanol–water partition coefficient (Wildman–Crippen LogP) is 3.28. The summed E-state index contributed by atoms with van der Waals surface area (Å²) in [5, 5.41) is 3.64. The van der Waals surface area contributed by atoms with Crippen molar-refractivity contribution < 1.29 is 28.3 Å². The lowest BCUT2D eigenvalue weighted by atomic mass is 10.1. The number of aryl methyl sites for hydroxylation is 2. The zero-order valence-corrected chi connectivity index (χ0v) is 17.0. The summed E-state index contributed by atoms with van der Waals surface area (Å²) in [5.74, 6) is 0.409. The van der Waals surface area contributed by atoms with Gasteiger partial charge in [0.2, 0.25) is 11.5 Å². The van der Waals surface area contributed by atoms with E-state index in [-0.39, 0.29) is 24.3 Å². The van der Waals surface area contributed by atoms with Crippen molar-refractivity contribution in [3.8, 4) is 11.5 Å². The predicted molar refractivity (Wildman–Crippen MR) is 106 cm³/mol. The number of nitrogens with zero attached hydrogens (tertiary/aromatic N) is 2. The molecule has 0 unspecified atom stereocenters. The summed E-state index contributed by atoms with van der Waals surface area (Å²) in [6.45, 7) is 6.06. The number of hydrogen-bond acceptors (Lipinski definition) is 7. The van der Waals surface area contributed by atoms with Crippen molar-refractivity contribution in [1.29, 1.82) is 0 Å². The van der Waals surface area contributed by atoms with Gasteiger partial charge >= 0.3 is 5.97 Å². The van der Waals surface area contributed by atoms with Gasteiger partial charge in [-0.2, -0.15) is 0 Å². The number of para-hydroxylation sites is 2. The van der Waals surface area contributed by atoms with E-state index >= 15 is 0 Å². The quantitative estimate of drug-likeness (QED) is 0.455. The Labute approximate surface area is 173 Å². The maximum Gasteiger partial charge on any atom is 0.377 e. The van der Waals surface area contributed by atoms with Gasteiger partial charge in [0.05, 0.1) is 12.2 Å². The third-order valence-electron chi connectivity index (χ3n) is 4.99. The van der Waals surface area contributed by atoms with Crippen LogP contribution in [-0.4, -0.2) is 40.8 Å². The Bertz CT molecular complexity index is 1100. The molecule has 0 saturated heterocycles. The van der Waals surface area contributed by atoms with Crippen LogP contribution in [0, 0.1) is 20.8 Å². The molecular formula is C22H22N2O6. The Balaban J connectivity index is 1.42. The van der Waals surface area contributed by atoms with Crippen molar-refractivity contribution >= 4 is 11.8 Å². The minimum Gasteiger partial charge on any atom is -0.486 e. The molecule has 1 aliphatic heterocycles.